The van der Waals surface area contributed by atoms with Gasteiger partial charge in [-0.3, -0.25) is 19.4 Å². The summed E-state index contributed by atoms with van der Waals surface area (Å²) in [5.41, 5.74) is 0.685. The number of unbranched alkanes of at least 4 members (excludes halogenated alkanes) is 3. The van der Waals surface area contributed by atoms with Gasteiger partial charge in [0.1, 0.15) is 29.5 Å². The second kappa shape index (κ2) is 23.9. The first kappa shape index (κ1) is 60.8. The van der Waals surface area contributed by atoms with Gasteiger partial charge in [0.2, 0.25) is 0 Å². The minimum Gasteiger partial charge on any atom is -0.507 e. The van der Waals surface area contributed by atoms with Crippen LogP contribution in [0.25, 0.3) is 0 Å². The van der Waals surface area contributed by atoms with Crippen LogP contribution in [0.15, 0.2) is 60.7 Å². The Morgan fingerprint density at radius 3 is 1.51 bits per heavy atom. The van der Waals surface area contributed by atoms with E-state index in [1.165, 1.54) is 44.1 Å². The number of esters is 3. The third-order valence-electron chi connectivity index (χ3n) is 18.1. The fraction of sp³-hybridized carbons (Fsp3) is 0.682. The number of piperidine rings is 2. The molecule has 0 atom stereocenters. The normalized spacial score (nSPS) is 21.4. The molecule has 422 valence electrons. The highest BCUT2D eigenvalue weighted by Crippen LogP contribution is 2.46. The van der Waals surface area contributed by atoms with E-state index in [0.29, 0.717) is 61.7 Å². The maximum absolute atomic E-state index is 15.6. The molecule has 10 heteroatoms. The number of nitrogens with zero attached hydrogens (tertiary/aromatic N) is 2. The maximum Gasteiger partial charge on any atom is 0.343 e. The van der Waals surface area contributed by atoms with Gasteiger partial charge in [-0.25, -0.2) is 4.79 Å². The number of likely N-dealkylation sites (tertiary alicyclic amines) is 2. The van der Waals surface area contributed by atoms with Crippen molar-refractivity contribution < 1.29 is 38.4 Å². The molecule has 3 aliphatic rings. The Morgan fingerprint density at radius 2 is 1.07 bits per heavy atom. The molecule has 3 aromatic carbocycles. The molecule has 1 N–H and O–H groups in total. The van der Waals surface area contributed by atoms with Gasteiger partial charge >= 0.3 is 17.9 Å². The maximum atomic E-state index is 15.6. The molecule has 2 aliphatic heterocycles. The van der Waals surface area contributed by atoms with Gasteiger partial charge in [0.05, 0.1) is 12.2 Å². The topological polar surface area (TPSA) is 115 Å². The smallest absolute Gasteiger partial charge is 0.343 e. The summed E-state index contributed by atoms with van der Waals surface area (Å²) in [5.74, 6) is 1.37. The summed E-state index contributed by atoms with van der Waals surface area (Å²) < 4.78 is 25.4. The lowest BCUT2D eigenvalue weighted by molar-refractivity contribution is -0.188. The van der Waals surface area contributed by atoms with E-state index in [-0.39, 0.29) is 46.7 Å². The monoisotopic (exact) mass is 1050 g/mol. The number of phenols is 1. The second-order valence-electron chi connectivity index (χ2n) is 28.0. The van der Waals surface area contributed by atoms with E-state index in [1.807, 2.05) is 36.4 Å². The number of phenolic OH excluding ortho intramolecular Hbond substituents is 1. The van der Waals surface area contributed by atoms with Crippen molar-refractivity contribution in [2.24, 2.45) is 11.3 Å². The number of ether oxygens (including phenoxy) is 4. The van der Waals surface area contributed by atoms with Crippen LogP contribution in [-0.2, 0) is 36.3 Å². The Morgan fingerprint density at radius 1 is 0.618 bits per heavy atom. The lowest BCUT2D eigenvalue weighted by Crippen LogP contribution is -2.61. The van der Waals surface area contributed by atoms with E-state index in [9.17, 15) is 9.90 Å². The van der Waals surface area contributed by atoms with E-state index < -0.39 is 40.4 Å². The van der Waals surface area contributed by atoms with E-state index in [0.717, 1.165) is 41.9 Å². The van der Waals surface area contributed by atoms with Crippen molar-refractivity contribution >= 4 is 17.9 Å². The molecule has 0 aromatic heterocycles. The van der Waals surface area contributed by atoms with Gasteiger partial charge in [-0.05, 0) is 196 Å². The van der Waals surface area contributed by atoms with E-state index in [2.05, 4.69) is 140 Å². The molecule has 0 unspecified atom stereocenters. The van der Waals surface area contributed by atoms with Crippen molar-refractivity contribution in [3.63, 3.8) is 0 Å². The molecule has 0 spiro atoms. The van der Waals surface area contributed by atoms with Crippen molar-refractivity contribution in [3.05, 3.63) is 88.5 Å². The molecule has 3 fully saturated rings. The Hall–Kier alpha value is -4.41. The first-order valence-corrected chi connectivity index (χ1v) is 29.1. The zero-order valence-electron chi connectivity index (χ0n) is 50.3. The van der Waals surface area contributed by atoms with Crippen LogP contribution in [0, 0.1) is 11.3 Å². The highest BCUT2D eigenvalue weighted by molar-refractivity contribution is 6.00. The summed E-state index contributed by atoms with van der Waals surface area (Å²) in [7, 11) is 4.27. The first-order chi connectivity index (χ1) is 35.3. The van der Waals surface area contributed by atoms with Crippen molar-refractivity contribution in [3.8, 4) is 17.2 Å². The Bertz CT molecular complexity index is 2300. The van der Waals surface area contributed by atoms with Crippen LogP contribution in [0.2, 0.25) is 0 Å². The number of hydrogen-bond acceptors (Lipinski definition) is 10. The molecule has 0 radical (unpaired) electrons. The Labute approximate surface area is 459 Å². The van der Waals surface area contributed by atoms with E-state index in [4.69, 9.17) is 18.9 Å². The zero-order chi connectivity index (χ0) is 56.2. The summed E-state index contributed by atoms with van der Waals surface area (Å²) >= 11 is 0. The molecule has 1 saturated carbocycles. The largest absolute Gasteiger partial charge is 0.507 e. The molecule has 6 rings (SSSR count). The summed E-state index contributed by atoms with van der Waals surface area (Å²) in [6, 6.07) is 19.1. The van der Waals surface area contributed by atoms with Gasteiger partial charge in [-0.2, -0.15) is 0 Å². The molecule has 0 amide bonds. The second-order valence-corrected chi connectivity index (χ2v) is 28.0. The van der Waals surface area contributed by atoms with Gasteiger partial charge in [0, 0.05) is 47.8 Å². The fourth-order valence-corrected chi connectivity index (χ4v) is 13.0. The van der Waals surface area contributed by atoms with Gasteiger partial charge in [-0.15, -0.1) is 0 Å². The molecule has 10 nitrogen and oxygen atoms in total. The number of hydrogen-bond donors (Lipinski definition) is 1. The third kappa shape index (κ3) is 14.8. The van der Waals surface area contributed by atoms with Gasteiger partial charge in [0.15, 0.2) is 5.41 Å². The predicted molar refractivity (Wildman–Crippen MR) is 308 cm³/mol. The average molecular weight is 1050 g/mol. The highest BCUT2D eigenvalue weighted by Gasteiger charge is 2.54. The summed E-state index contributed by atoms with van der Waals surface area (Å²) in [6.07, 6.45) is 12.5. The van der Waals surface area contributed by atoms with Gasteiger partial charge in [0.25, 0.3) is 0 Å². The Balaban J connectivity index is 1.17. The quantitative estimate of drug-likeness (QED) is 0.0539. The predicted octanol–water partition coefficient (Wildman–Crippen LogP) is 15.2. The minimum absolute atomic E-state index is 0.0800. The van der Waals surface area contributed by atoms with Gasteiger partial charge < -0.3 is 24.1 Å². The molecule has 76 heavy (non-hydrogen) atoms. The SMILES string of the molecule is CCCC1CCC(c2ccc(C(=O)Oc3ccc(OCCCCCCC(Cc4cc(C(C)(C)C)c(O)c(C(C)(C)C)c4)(C(=O)OC4CC(C)(C)N(C)C(C)(C)C4)C(=O)OC4CC(C)(C)N(C)C(C)(C)C4)cc3)cc2)CC1. The van der Waals surface area contributed by atoms with E-state index in [1.54, 1.807) is 12.1 Å². The average Bonchev–Trinajstić information content (AvgIpc) is 3.32. The lowest BCUT2D eigenvalue weighted by atomic mass is 9.73. The van der Waals surface area contributed by atoms with Crippen LogP contribution in [0.3, 0.4) is 0 Å². The standard InChI is InChI=1S/C66H100N2O8/c1-18-23-45-24-26-47(27-25-45)48-28-30-49(31-29-48)57(70)74-51-34-32-50(33-35-51)73-37-22-20-19-21-36-66(58(71)75-52-41-62(8,9)67(16)63(10,11)42-52,59(72)76-53-43-64(12,13)68(17)65(14,15)44-53)40-46-38-54(60(2,3)4)56(69)55(39-46)61(5,6)7/h28-35,38-39,45,47,52-53,69H,18-27,36-37,40-44H2,1-17H3. The van der Waals surface area contributed by atoms with Crippen molar-refractivity contribution in [1.82, 2.24) is 9.80 Å². The molecule has 3 aromatic rings. The number of carbonyl (C=O) groups is 3. The fourth-order valence-electron chi connectivity index (χ4n) is 13.0. The molecular weight excluding hydrogens is 949 g/mol. The first-order valence-electron chi connectivity index (χ1n) is 29.1. The Kier molecular flexibility index (Phi) is 19.1. The molecule has 1 aliphatic carbocycles. The summed E-state index contributed by atoms with van der Waals surface area (Å²) in [6.45, 7) is 32.7. The number of carbonyl (C=O) groups excluding carboxylic acids is 3. The zero-order valence-corrected chi connectivity index (χ0v) is 50.3. The molecule has 2 saturated heterocycles. The van der Waals surface area contributed by atoms with Crippen LogP contribution in [0.5, 0.6) is 17.2 Å². The summed E-state index contributed by atoms with van der Waals surface area (Å²) in [5, 5.41) is 11.8. The van der Waals surface area contributed by atoms with Crippen LogP contribution in [0.4, 0.5) is 0 Å². The lowest BCUT2D eigenvalue weighted by Gasteiger charge is -2.53. The number of benzene rings is 3. The molecule has 2 heterocycles. The van der Waals surface area contributed by atoms with Gasteiger partial charge in [-0.1, -0.05) is 105 Å². The third-order valence-corrected chi connectivity index (χ3v) is 18.1. The molecular formula is C66H100N2O8. The van der Waals surface area contributed by atoms with Crippen LogP contribution in [-0.4, -0.2) is 87.9 Å². The van der Waals surface area contributed by atoms with Crippen molar-refractivity contribution in [2.75, 3.05) is 20.7 Å². The highest BCUT2D eigenvalue weighted by atomic mass is 16.6. The molecule has 0 bridgehead atoms. The summed E-state index contributed by atoms with van der Waals surface area (Å²) in [4.78, 5) is 49.0. The van der Waals surface area contributed by atoms with Crippen LogP contribution in [0.1, 0.15) is 239 Å². The van der Waals surface area contributed by atoms with E-state index >= 15 is 9.59 Å². The van der Waals surface area contributed by atoms with Crippen LogP contribution >= 0.6 is 0 Å². The minimum atomic E-state index is -1.66. The number of aromatic hydroxyl groups is 1. The van der Waals surface area contributed by atoms with Crippen molar-refractivity contribution in [2.45, 2.75) is 258 Å². The van der Waals surface area contributed by atoms with Crippen LogP contribution < -0.4 is 9.47 Å². The van der Waals surface area contributed by atoms with Crippen molar-refractivity contribution in [1.29, 1.82) is 0 Å². The number of rotatable bonds is 19.